The molecule has 0 amide bonds. The van der Waals surface area contributed by atoms with Crippen molar-refractivity contribution in [3.8, 4) is 0 Å². The second-order valence-electron chi connectivity index (χ2n) is 3.20. The molecule has 0 bridgehead atoms. The van der Waals surface area contributed by atoms with E-state index in [-0.39, 0.29) is 0 Å². The van der Waals surface area contributed by atoms with Gasteiger partial charge in [0.25, 0.3) is 0 Å². The van der Waals surface area contributed by atoms with Crippen LogP contribution < -0.4 is 0 Å². The average molecular weight is 136 g/mol. The third-order valence-electron chi connectivity index (χ3n) is 2.42. The lowest BCUT2D eigenvalue weighted by molar-refractivity contribution is 0.540. The molecule has 10 heavy (non-hydrogen) atoms. The van der Waals surface area contributed by atoms with E-state index >= 15 is 0 Å². The number of allylic oxidation sites excluding steroid dienone is 2. The van der Waals surface area contributed by atoms with Crippen LogP contribution in [0.25, 0.3) is 0 Å². The van der Waals surface area contributed by atoms with Crippen molar-refractivity contribution in [2.75, 3.05) is 0 Å². The van der Waals surface area contributed by atoms with Crippen molar-refractivity contribution >= 4 is 0 Å². The molecule has 1 rings (SSSR count). The predicted octanol–water partition coefficient (Wildman–Crippen LogP) is 3.16. The van der Waals surface area contributed by atoms with Crippen molar-refractivity contribution in [3.63, 3.8) is 0 Å². The molecule has 0 aliphatic heterocycles. The van der Waals surface area contributed by atoms with Crippen molar-refractivity contribution in [3.05, 3.63) is 25.3 Å². The number of hydrogen-bond acceptors (Lipinski definition) is 0. The van der Waals surface area contributed by atoms with E-state index in [9.17, 15) is 0 Å². The van der Waals surface area contributed by atoms with Crippen LogP contribution in [0.4, 0.5) is 0 Å². The molecule has 0 radical (unpaired) electrons. The first-order valence-corrected chi connectivity index (χ1v) is 4.10. The van der Waals surface area contributed by atoms with E-state index in [1.165, 1.54) is 25.7 Å². The summed E-state index contributed by atoms with van der Waals surface area (Å²) in [5.41, 5.74) is 0. The molecule has 0 heterocycles. The van der Waals surface area contributed by atoms with Crippen molar-refractivity contribution < 1.29 is 0 Å². The normalized spacial score (nSPS) is 32.0. The molecule has 0 aromatic carbocycles. The molecule has 2 atom stereocenters. The van der Waals surface area contributed by atoms with Gasteiger partial charge in [0.05, 0.1) is 0 Å². The second-order valence-corrected chi connectivity index (χ2v) is 3.20. The van der Waals surface area contributed by atoms with Gasteiger partial charge >= 0.3 is 0 Å². The van der Waals surface area contributed by atoms with Gasteiger partial charge in [-0.3, -0.25) is 0 Å². The first-order chi connectivity index (χ1) is 4.86. The standard InChI is InChI=1S/C10H16/c1-3-5-10-7-6-9(4-2)8-10/h3-4,9-10H,1-2,5-8H2. The largest absolute Gasteiger partial charge is 0.103 e. The molecular weight excluding hydrogens is 120 g/mol. The zero-order valence-corrected chi connectivity index (χ0v) is 6.55. The Balaban J connectivity index is 2.27. The maximum absolute atomic E-state index is 3.81. The van der Waals surface area contributed by atoms with E-state index in [0.29, 0.717) is 0 Å². The molecular formula is C10H16. The topological polar surface area (TPSA) is 0 Å². The van der Waals surface area contributed by atoms with Gasteiger partial charge in [0, 0.05) is 0 Å². The minimum atomic E-state index is 0.796. The Kier molecular flexibility index (Phi) is 2.73. The van der Waals surface area contributed by atoms with Crippen molar-refractivity contribution in [2.24, 2.45) is 11.8 Å². The Labute approximate surface area is 63.6 Å². The molecule has 0 saturated heterocycles. The first kappa shape index (κ1) is 7.59. The molecule has 1 aliphatic rings. The van der Waals surface area contributed by atoms with Gasteiger partial charge in [-0.25, -0.2) is 0 Å². The average Bonchev–Trinajstić information content (AvgIpc) is 2.37. The fourth-order valence-corrected chi connectivity index (χ4v) is 1.78. The monoisotopic (exact) mass is 136 g/mol. The van der Waals surface area contributed by atoms with Gasteiger partial charge < -0.3 is 0 Å². The third-order valence-corrected chi connectivity index (χ3v) is 2.42. The Morgan fingerprint density at radius 3 is 2.60 bits per heavy atom. The highest BCUT2D eigenvalue weighted by Gasteiger charge is 2.20. The van der Waals surface area contributed by atoms with E-state index < -0.39 is 0 Å². The summed E-state index contributed by atoms with van der Waals surface area (Å²) >= 11 is 0. The van der Waals surface area contributed by atoms with Crippen LogP contribution in [0, 0.1) is 11.8 Å². The summed E-state index contributed by atoms with van der Waals surface area (Å²) in [5, 5.41) is 0. The Bertz CT molecular complexity index is 124. The first-order valence-electron chi connectivity index (χ1n) is 4.10. The summed E-state index contributed by atoms with van der Waals surface area (Å²) in [4.78, 5) is 0. The van der Waals surface area contributed by atoms with Crippen LogP contribution in [0.3, 0.4) is 0 Å². The van der Waals surface area contributed by atoms with Crippen LogP contribution in [0.5, 0.6) is 0 Å². The fraction of sp³-hybridized carbons (Fsp3) is 0.600. The van der Waals surface area contributed by atoms with Crippen LogP contribution in [-0.2, 0) is 0 Å². The van der Waals surface area contributed by atoms with Gasteiger partial charge in [-0.15, -0.1) is 13.2 Å². The second kappa shape index (κ2) is 3.60. The highest BCUT2D eigenvalue weighted by atomic mass is 14.3. The molecule has 0 aromatic rings. The van der Waals surface area contributed by atoms with Crippen LogP contribution in [-0.4, -0.2) is 0 Å². The maximum atomic E-state index is 3.81. The summed E-state index contributed by atoms with van der Waals surface area (Å²) in [7, 11) is 0. The summed E-state index contributed by atoms with van der Waals surface area (Å²) < 4.78 is 0. The molecule has 56 valence electrons. The lowest BCUT2D eigenvalue weighted by Gasteiger charge is -2.03. The van der Waals surface area contributed by atoms with Gasteiger partial charge in [0.2, 0.25) is 0 Å². The Morgan fingerprint density at radius 2 is 2.10 bits per heavy atom. The summed E-state index contributed by atoms with van der Waals surface area (Å²) in [6.45, 7) is 7.56. The zero-order valence-electron chi connectivity index (χ0n) is 6.55. The zero-order chi connectivity index (χ0) is 7.40. The SMILES string of the molecule is C=CCC1CCC(C=C)C1. The smallest absolute Gasteiger partial charge is 0.0233 e. The van der Waals surface area contributed by atoms with Gasteiger partial charge in [-0.1, -0.05) is 12.2 Å². The van der Waals surface area contributed by atoms with E-state index in [1.807, 2.05) is 6.08 Å². The van der Waals surface area contributed by atoms with E-state index in [0.717, 1.165) is 11.8 Å². The van der Waals surface area contributed by atoms with E-state index in [2.05, 4.69) is 19.2 Å². The quantitative estimate of drug-likeness (QED) is 0.523. The Hall–Kier alpha value is -0.520. The summed E-state index contributed by atoms with van der Waals surface area (Å²) in [6.07, 6.45) is 9.41. The maximum Gasteiger partial charge on any atom is -0.0233 e. The van der Waals surface area contributed by atoms with E-state index in [1.54, 1.807) is 0 Å². The molecule has 0 nitrogen and oxygen atoms in total. The minimum Gasteiger partial charge on any atom is -0.103 e. The van der Waals surface area contributed by atoms with Crippen LogP contribution in [0.2, 0.25) is 0 Å². The highest BCUT2D eigenvalue weighted by Crippen LogP contribution is 2.33. The Morgan fingerprint density at radius 1 is 1.30 bits per heavy atom. The van der Waals surface area contributed by atoms with Gasteiger partial charge in [-0.2, -0.15) is 0 Å². The number of hydrogen-bond donors (Lipinski definition) is 0. The number of rotatable bonds is 3. The molecule has 2 unspecified atom stereocenters. The van der Waals surface area contributed by atoms with Gasteiger partial charge in [0.15, 0.2) is 0 Å². The molecule has 0 spiro atoms. The van der Waals surface area contributed by atoms with Gasteiger partial charge in [0.1, 0.15) is 0 Å². The summed E-state index contributed by atoms with van der Waals surface area (Å²) in [5.74, 6) is 1.70. The van der Waals surface area contributed by atoms with E-state index in [4.69, 9.17) is 0 Å². The lowest BCUT2D eigenvalue weighted by Crippen LogP contribution is -1.91. The highest BCUT2D eigenvalue weighted by molar-refractivity contribution is 4.89. The minimum absolute atomic E-state index is 0.796. The van der Waals surface area contributed by atoms with Crippen molar-refractivity contribution in [1.82, 2.24) is 0 Å². The molecule has 1 aliphatic carbocycles. The van der Waals surface area contributed by atoms with Crippen LogP contribution in [0.1, 0.15) is 25.7 Å². The molecule has 1 fully saturated rings. The van der Waals surface area contributed by atoms with Gasteiger partial charge in [-0.05, 0) is 37.5 Å². The predicted molar refractivity (Wildman–Crippen MR) is 45.8 cm³/mol. The van der Waals surface area contributed by atoms with Crippen LogP contribution in [0.15, 0.2) is 25.3 Å². The van der Waals surface area contributed by atoms with Crippen LogP contribution >= 0.6 is 0 Å². The molecule has 0 aromatic heterocycles. The van der Waals surface area contributed by atoms with Crippen molar-refractivity contribution in [2.45, 2.75) is 25.7 Å². The summed E-state index contributed by atoms with van der Waals surface area (Å²) in [6, 6.07) is 0. The molecule has 0 N–H and O–H groups in total. The van der Waals surface area contributed by atoms with Crippen molar-refractivity contribution in [1.29, 1.82) is 0 Å². The lowest BCUT2D eigenvalue weighted by atomic mass is 10.0. The third kappa shape index (κ3) is 1.73. The molecule has 1 saturated carbocycles. The fourth-order valence-electron chi connectivity index (χ4n) is 1.78. The molecule has 0 heteroatoms.